The largest absolute Gasteiger partial charge is 0.465 e. The molecular formula is C32H34N4O4S. The zero-order valence-corrected chi connectivity index (χ0v) is 24.2. The van der Waals surface area contributed by atoms with Gasteiger partial charge in [-0.15, -0.1) is 11.3 Å². The fourth-order valence-corrected chi connectivity index (χ4v) is 6.74. The van der Waals surface area contributed by atoms with Crippen molar-refractivity contribution in [1.29, 1.82) is 0 Å². The SMILES string of the molecule is CC(C)(C)C1[C@H](CNC(=O)C=Cc2cnc(N)c3c(-c4ccc(Oc5ccccc5)cc4)csc23)CCN1C(=O)O. The highest BCUT2D eigenvalue weighted by molar-refractivity contribution is 7.18. The first-order valence-corrected chi connectivity index (χ1v) is 14.4. The van der Waals surface area contributed by atoms with Crippen molar-refractivity contribution >= 4 is 45.3 Å². The molecule has 1 aliphatic rings. The van der Waals surface area contributed by atoms with Gasteiger partial charge in [0, 0.05) is 52.6 Å². The first kappa shape index (κ1) is 28.2. The lowest BCUT2D eigenvalue weighted by Crippen LogP contribution is -2.47. The van der Waals surface area contributed by atoms with E-state index in [2.05, 4.69) is 10.3 Å². The summed E-state index contributed by atoms with van der Waals surface area (Å²) in [6.07, 6.45) is 4.73. The van der Waals surface area contributed by atoms with Crippen LogP contribution in [-0.2, 0) is 4.79 Å². The Hall–Kier alpha value is -4.37. The number of hydrogen-bond acceptors (Lipinski definition) is 6. The molecule has 2 aromatic heterocycles. The number of amides is 2. The maximum Gasteiger partial charge on any atom is 0.407 e. The zero-order chi connectivity index (χ0) is 29.1. The normalized spacial score (nSPS) is 17.3. The minimum absolute atomic E-state index is 0.0534. The van der Waals surface area contributed by atoms with Crippen molar-refractivity contribution in [3.8, 4) is 22.6 Å². The molecule has 2 amide bonds. The lowest BCUT2D eigenvalue weighted by molar-refractivity contribution is -0.116. The van der Waals surface area contributed by atoms with E-state index in [1.54, 1.807) is 23.6 Å². The molecule has 212 valence electrons. The van der Waals surface area contributed by atoms with Crippen LogP contribution in [0.1, 0.15) is 32.8 Å². The average Bonchev–Trinajstić information content (AvgIpc) is 3.59. The number of thiophene rings is 1. The van der Waals surface area contributed by atoms with Crippen molar-refractivity contribution in [3.05, 3.63) is 77.8 Å². The quantitative estimate of drug-likeness (QED) is 0.209. The van der Waals surface area contributed by atoms with E-state index in [4.69, 9.17) is 10.5 Å². The van der Waals surface area contributed by atoms with Gasteiger partial charge >= 0.3 is 6.09 Å². The molecule has 41 heavy (non-hydrogen) atoms. The molecule has 0 bridgehead atoms. The van der Waals surface area contributed by atoms with Gasteiger partial charge in [-0.1, -0.05) is 51.1 Å². The molecule has 1 aliphatic heterocycles. The summed E-state index contributed by atoms with van der Waals surface area (Å²) in [6, 6.07) is 17.3. The number of carboxylic acid groups (broad SMARTS) is 1. The number of pyridine rings is 1. The standard InChI is InChI=1S/C32H34N4O4S/c1-32(2,3)29-22(15-16-36(29)31(38)39)18-34-26(37)14-11-21-17-35-30(33)27-25(19-41-28(21)27)20-9-12-24(13-10-20)40-23-7-5-4-6-8-23/h4-14,17,19,22,29H,15-16,18H2,1-3H3,(H2,33,35)(H,34,37)(H,38,39)/t22-,29?/m0/s1. The highest BCUT2D eigenvalue weighted by atomic mass is 32.1. The molecule has 2 atom stereocenters. The molecule has 4 N–H and O–H groups in total. The Kier molecular flexibility index (Phi) is 7.99. The third-order valence-corrected chi connectivity index (χ3v) is 8.43. The number of nitrogens with one attached hydrogen (secondary N) is 1. The second kappa shape index (κ2) is 11.6. The van der Waals surface area contributed by atoms with E-state index >= 15 is 0 Å². The average molecular weight is 571 g/mol. The third kappa shape index (κ3) is 6.20. The Morgan fingerprint density at radius 2 is 1.85 bits per heavy atom. The fraction of sp³-hybridized carbons (Fsp3) is 0.281. The summed E-state index contributed by atoms with van der Waals surface area (Å²) in [5, 5.41) is 15.5. The van der Waals surface area contributed by atoms with Crippen molar-refractivity contribution in [2.45, 2.75) is 33.2 Å². The highest BCUT2D eigenvalue weighted by Crippen LogP contribution is 2.40. The van der Waals surface area contributed by atoms with Crippen LogP contribution in [0, 0.1) is 11.3 Å². The molecule has 3 heterocycles. The lowest BCUT2D eigenvalue weighted by atomic mass is 9.79. The van der Waals surface area contributed by atoms with Crippen LogP contribution in [0.15, 0.2) is 72.3 Å². The highest BCUT2D eigenvalue weighted by Gasteiger charge is 2.43. The number of ether oxygens (including phenoxy) is 1. The minimum atomic E-state index is -0.912. The number of benzene rings is 2. The predicted molar refractivity (Wildman–Crippen MR) is 164 cm³/mol. The van der Waals surface area contributed by atoms with Crippen LogP contribution >= 0.6 is 11.3 Å². The van der Waals surface area contributed by atoms with E-state index in [0.29, 0.717) is 18.9 Å². The van der Waals surface area contributed by atoms with Crippen molar-refractivity contribution < 1.29 is 19.4 Å². The van der Waals surface area contributed by atoms with Crippen LogP contribution < -0.4 is 15.8 Å². The van der Waals surface area contributed by atoms with Crippen molar-refractivity contribution in [1.82, 2.24) is 15.2 Å². The van der Waals surface area contributed by atoms with Crippen molar-refractivity contribution in [3.63, 3.8) is 0 Å². The summed E-state index contributed by atoms with van der Waals surface area (Å²) in [7, 11) is 0. The van der Waals surface area contributed by atoms with Gasteiger partial charge in [0.1, 0.15) is 17.3 Å². The number of carbonyl (C=O) groups excluding carboxylic acids is 1. The molecule has 0 spiro atoms. The van der Waals surface area contributed by atoms with E-state index in [9.17, 15) is 14.7 Å². The van der Waals surface area contributed by atoms with Gasteiger partial charge in [0.05, 0.1) is 0 Å². The monoisotopic (exact) mass is 570 g/mol. The summed E-state index contributed by atoms with van der Waals surface area (Å²) in [5.74, 6) is 1.76. The van der Waals surface area contributed by atoms with Crippen molar-refractivity contribution in [2.24, 2.45) is 11.3 Å². The first-order valence-electron chi connectivity index (χ1n) is 13.6. The summed E-state index contributed by atoms with van der Waals surface area (Å²) in [5.41, 5.74) is 8.85. The number of nitrogens with zero attached hydrogens (tertiary/aromatic N) is 2. The molecule has 9 heteroatoms. The van der Waals surface area contributed by atoms with Crippen LogP contribution in [0.4, 0.5) is 10.6 Å². The number of likely N-dealkylation sites (tertiary alicyclic amines) is 1. The van der Waals surface area contributed by atoms with E-state index in [1.807, 2.05) is 80.7 Å². The van der Waals surface area contributed by atoms with Gasteiger partial charge in [0.15, 0.2) is 0 Å². The Labute approximate surface area is 243 Å². The Bertz CT molecular complexity index is 1580. The molecule has 1 fully saturated rings. The molecule has 2 aromatic carbocycles. The van der Waals surface area contributed by atoms with Gasteiger partial charge in [-0.2, -0.15) is 0 Å². The van der Waals surface area contributed by atoms with E-state index in [-0.39, 0.29) is 23.3 Å². The van der Waals surface area contributed by atoms with Gasteiger partial charge in [-0.25, -0.2) is 9.78 Å². The number of aromatic nitrogens is 1. The summed E-state index contributed by atoms with van der Waals surface area (Å²) in [6.45, 7) is 7.00. The van der Waals surface area contributed by atoms with E-state index < -0.39 is 6.09 Å². The molecule has 4 aromatic rings. The number of nitrogen functional groups attached to an aromatic ring is 1. The number of hydrogen-bond donors (Lipinski definition) is 3. The van der Waals surface area contributed by atoms with Gasteiger partial charge in [-0.3, -0.25) is 4.79 Å². The van der Waals surface area contributed by atoms with Crippen molar-refractivity contribution in [2.75, 3.05) is 18.8 Å². The maximum absolute atomic E-state index is 12.8. The number of anilines is 1. The van der Waals surface area contributed by atoms with Gasteiger partial charge < -0.3 is 25.8 Å². The number of para-hydroxylation sites is 1. The second-order valence-electron chi connectivity index (χ2n) is 11.3. The summed E-state index contributed by atoms with van der Waals surface area (Å²) >= 11 is 1.55. The molecular weight excluding hydrogens is 536 g/mol. The summed E-state index contributed by atoms with van der Waals surface area (Å²) < 4.78 is 6.86. The van der Waals surface area contributed by atoms with Crippen LogP contribution in [-0.4, -0.2) is 46.1 Å². The Morgan fingerprint density at radius 1 is 1.15 bits per heavy atom. The molecule has 1 saturated heterocycles. The van der Waals surface area contributed by atoms with Crippen LogP contribution in [0.2, 0.25) is 0 Å². The molecule has 1 unspecified atom stereocenters. The molecule has 0 saturated carbocycles. The maximum atomic E-state index is 12.8. The van der Waals surface area contributed by atoms with E-state index in [0.717, 1.165) is 44.7 Å². The van der Waals surface area contributed by atoms with E-state index in [1.165, 1.54) is 11.0 Å². The molecule has 8 nitrogen and oxygen atoms in total. The number of rotatable bonds is 7. The first-order chi connectivity index (χ1) is 19.6. The topological polar surface area (TPSA) is 118 Å². The Balaban J connectivity index is 1.29. The number of fused-ring (bicyclic) bond motifs is 1. The molecule has 0 aliphatic carbocycles. The molecule has 0 radical (unpaired) electrons. The number of nitrogens with two attached hydrogens (primary N) is 1. The Morgan fingerprint density at radius 3 is 2.54 bits per heavy atom. The predicted octanol–water partition coefficient (Wildman–Crippen LogP) is 6.88. The van der Waals surface area contributed by atoms with Gasteiger partial charge in [0.25, 0.3) is 0 Å². The van der Waals surface area contributed by atoms with Crippen LogP contribution in [0.5, 0.6) is 11.5 Å². The minimum Gasteiger partial charge on any atom is -0.465 e. The zero-order valence-electron chi connectivity index (χ0n) is 23.3. The molecule has 5 rings (SSSR count). The van der Waals surface area contributed by atoms with Gasteiger partial charge in [-0.05, 0) is 59.0 Å². The third-order valence-electron chi connectivity index (χ3n) is 7.41. The number of carbonyl (C=O) groups is 2. The smallest absolute Gasteiger partial charge is 0.407 e. The van der Waals surface area contributed by atoms with Crippen LogP contribution in [0.25, 0.3) is 27.3 Å². The second-order valence-corrected chi connectivity index (χ2v) is 12.2. The van der Waals surface area contributed by atoms with Crippen LogP contribution in [0.3, 0.4) is 0 Å². The summed E-state index contributed by atoms with van der Waals surface area (Å²) in [4.78, 5) is 30.4. The fourth-order valence-electron chi connectivity index (χ4n) is 5.66. The lowest BCUT2D eigenvalue weighted by Gasteiger charge is -2.37. The van der Waals surface area contributed by atoms with Gasteiger partial charge in [0.2, 0.25) is 5.91 Å².